The summed E-state index contributed by atoms with van der Waals surface area (Å²) >= 11 is 0. The van der Waals surface area contributed by atoms with Crippen molar-refractivity contribution in [2.45, 2.75) is 13.3 Å². The Morgan fingerprint density at radius 3 is 2.90 bits per heavy atom. The highest BCUT2D eigenvalue weighted by atomic mass is 16.7. The van der Waals surface area contributed by atoms with Crippen LogP contribution < -0.4 is 15.2 Å². The molecule has 7 heteroatoms. The number of oxime groups is 1. The van der Waals surface area contributed by atoms with Crippen LogP contribution in [0.3, 0.4) is 0 Å². The lowest BCUT2D eigenvalue weighted by atomic mass is 10.1. The third-order valence-electron chi connectivity index (χ3n) is 3.05. The molecule has 2 rings (SSSR count). The monoisotopic (exact) mass is 279 g/mol. The van der Waals surface area contributed by atoms with E-state index >= 15 is 0 Å². The number of nitrogens with zero attached hydrogens (tertiary/aromatic N) is 2. The van der Waals surface area contributed by atoms with Crippen molar-refractivity contribution in [2.75, 3.05) is 19.9 Å². The van der Waals surface area contributed by atoms with E-state index in [1.807, 2.05) is 6.92 Å². The van der Waals surface area contributed by atoms with Gasteiger partial charge in [-0.15, -0.1) is 0 Å². The van der Waals surface area contributed by atoms with Gasteiger partial charge in [-0.2, -0.15) is 0 Å². The molecular weight excluding hydrogens is 262 g/mol. The molecule has 1 amide bonds. The zero-order chi connectivity index (χ0) is 14.5. The van der Waals surface area contributed by atoms with Crippen molar-refractivity contribution in [3.05, 3.63) is 23.8 Å². The molecule has 1 aliphatic heterocycles. The Labute approximate surface area is 116 Å². The summed E-state index contributed by atoms with van der Waals surface area (Å²) in [5.41, 5.74) is 5.94. The molecule has 20 heavy (non-hydrogen) atoms. The van der Waals surface area contributed by atoms with Gasteiger partial charge in [-0.1, -0.05) is 5.16 Å². The van der Waals surface area contributed by atoms with Crippen LogP contribution in [0.4, 0.5) is 0 Å². The zero-order valence-corrected chi connectivity index (χ0v) is 11.2. The van der Waals surface area contributed by atoms with Gasteiger partial charge in [0, 0.05) is 25.1 Å². The van der Waals surface area contributed by atoms with Gasteiger partial charge in [-0.3, -0.25) is 4.79 Å². The third-order valence-corrected chi connectivity index (χ3v) is 3.05. The van der Waals surface area contributed by atoms with E-state index in [9.17, 15) is 4.79 Å². The average molecular weight is 279 g/mol. The van der Waals surface area contributed by atoms with Crippen molar-refractivity contribution in [3.63, 3.8) is 0 Å². The minimum Gasteiger partial charge on any atom is -0.454 e. The number of carbonyl (C=O) groups is 1. The topological polar surface area (TPSA) is 97.4 Å². The predicted molar refractivity (Wildman–Crippen MR) is 72.2 cm³/mol. The molecule has 1 aromatic carbocycles. The molecule has 0 fully saturated rings. The molecule has 0 bridgehead atoms. The molecule has 0 aliphatic carbocycles. The fraction of sp³-hybridized carbons (Fsp3) is 0.385. The highest BCUT2D eigenvalue weighted by Gasteiger charge is 2.19. The van der Waals surface area contributed by atoms with Crippen molar-refractivity contribution in [2.24, 2.45) is 10.9 Å². The number of hydrogen-bond donors (Lipinski definition) is 2. The Kier molecular flexibility index (Phi) is 4.29. The second-order valence-corrected chi connectivity index (χ2v) is 4.29. The lowest BCUT2D eigenvalue weighted by Gasteiger charge is -2.20. The maximum Gasteiger partial charge on any atom is 0.253 e. The van der Waals surface area contributed by atoms with Gasteiger partial charge in [0.05, 0.1) is 0 Å². The first kappa shape index (κ1) is 14.0. The Balaban J connectivity index is 2.08. The summed E-state index contributed by atoms with van der Waals surface area (Å²) in [5.74, 6) is 1.18. The van der Waals surface area contributed by atoms with E-state index in [0.717, 1.165) is 0 Å². The number of benzene rings is 1. The number of fused-ring (bicyclic) bond motifs is 1. The standard InChI is InChI=1S/C13H17N3O4/c1-2-16(6-5-12(14)15-18)13(17)9-3-4-10-11(7-9)20-8-19-10/h3-4,7,18H,2,5-6,8H2,1H3,(H2,14,15). The number of amidine groups is 1. The molecule has 1 heterocycles. The van der Waals surface area contributed by atoms with Crippen LogP contribution in [0.5, 0.6) is 11.5 Å². The summed E-state index contributed by atoms with van der Waals surface area (Å²) in [6, 6.07) is 5.08. The van der Waals surface area contributed by atoms with Crippen LogP contribution in [0, 0.1) is 0 Å². The van der Waals surface area contributed by atoms with Crippen LogP contribution in [0.15, 0.2) is 23.4 Å². The van der Waals surface area contributed by atoms with Crippen molar-refractivity contribution < 1.29 is 19.5 Å². The Morgan fingerprint density at radius 1 is 1.45 bits per heavy atom. The van der Waals surface area contributed by atoms with Crippen molar-refractivity contribution in [3.8, 4) is 11.5 Å². The van der Waals surface area contributed by atoms with Gasteiger partial charge in [-0.25, -0.2) is 0 Å². The number of hydrogen-bond acceptors (Lipinski definition) is 5. The van der Waals surface area contributed by atoms with Crippen LogP contribution in [0.1, 0.15) is 23.7 Å². The van der Waals surface area contributed by atoms with E-state index in [1.165, 1.54) is 0 Å². The molecule has 7 nitrogen and oxygen atoms in total. The van der Waals surface area contributed by atoms with Gasteiger partial charge < -0.3 is 25.3 Å². The van der Waals surface area contributed by atoms with Gasteiger partial charge in [-0.05, 0) is 25.1 Å². The Morgan fingerprint density at radius 2 is 2.20 bits per heavy atom. The van der Waals surface area contributed by atoms with Crippen molar-refractivity contribution >= 4 is 11.7 Å². The minimum absolute atomic E-state index is 0.0990. The largest absolute Gasteiger partial charge is 0.454 e. The maximum absolute atomic E-state index is 12.4. The predicted octanol–water partition coefficient (Wildman–Crippen LogP) is 1.01. The number of carbonyl (C=O) groups excluding carboxylic acids is 1. The third kappa shape index (κ3) is 2.93. The molecular formula is C13H17N3O4. The molecule has 0 atom stereocenters. The fourth-order valence-electron chi connectivity index (χ4n) is 1.91. The molecule has 1 aromatic rings. The minimum atomic E-state index is -0.128. The first-order chi connectivity index (χ1) is 9.65. The maximum atomic E-state index is 12.4. The average Bonchev–Trinajstić information content (AvgIpc) is 2.94. The number of amides is 1. The summed E-state index contributed by atoms with van der Waals surface area (Å²) < 4.78 is 10.5. The molecule has 1 aliphatic rings. The lowest BCUT2D eigenvalue weighted by molar-refractivity contribution is 0.0768. The van der Waals surface area contributed by atoms with Crippen LogP contribution >= 0.6 is 0 Å². The van der Waals surface area contributed by atoms with E-state index in [-0.39, 0.29) is 18.5 Å². The van der Waals surface area contributed by atoms with Crippen LogP contribution in [-0.4, -0.2) is 41.7 Å². The molecule has 0 radical (unpaired) electrons. The molecule has 0 unspecified atom stereocenters. The number of rotatable bonds is 5. The number of ether oxygens (including phenoxy) is 2. The van der Waals surface area contributed by atoms with Crippen LogP contribution in [0.2, 0.25) is 0 Å². The summed E-state index contributed by atoms with van der Waals surface area (Å²) in [4.78, 5) is 14.0. The summed E-state index contributed by atoms with van der Waals surface area (Å²) in [6.45, 7) is 2.97. The van der Waals surface area contributed by atoms with E-state index < -0.39 is 0 Å². The second-order valence-electron chi connectivity index (χ2n) is 4.29. The van der Waals surface area contributed by atoms with Crippen molar-refractivity contribution in [1.29, 1.82) is 0 Å². The fourth-order valence-corrected chi connectivity index (χ4v) is 1.91. The SMILES string of the molecule is CCN(CCC(N)=NO)C(=O)c1ccc2c(c1)OCO2. The lowest BCUT2D eigenvalue weighted by Crippen LogP contribution is -2.33. The smallest absolute Gasteiger partial charge is 0.253 e. The first-order valence-electron chi connectivity index (χ1n) is 6.31. The normalized spacial score (nSPS) is 13.3. The van der Waals surface area contributed by atoms with Gasteiger partial charge in [0.2, 0.25) is 6.79 Å². The van der Waals surface area contributed by atoms with E-state index in [1.54, 1.807) is 23.1 Å². The van der Waals surface area contributed by atoms with Gasteiger partial charge in [0.15, 0.2) is 11.5 Å². The Hall–Kier alpha value is -2.44. The second kappa shape index (κ2) is 6.14. The summed E-state index contributed by atoms with van der Waals surface area (Å²) in [7, 11) is 0. The molecule has 0 aromatic heterocycles. The molecule has 108 valence electrons. The summed E-state index contributed by atoms with van der Waals surface area (Å²) in [6.07, 6.45) is 0.320. The molecule has 3 N–H and O–H groups in total. The first-order valence-corrected chi connectivity index (χ1v) is 6.31. The molecule has 0 saturated heterocycles. The number of nitrogens with two attached hydrogens (primary N) is 1. The summed E-state index contributed by atoms with van der Waals surface area (Å²) in [5, 5.41) is 11.4. The van der Waals surface area contributed by atoms with Crippen LogP contribution in [0.25, 0.3) is 0 Å². The van der Waals surface area contributed by atoms with Gasteiger partial charge >= 0.3 is 0 Å². The van der Waals surface area contributed by atoms with Crippen molar-refractivity contribution in [1.82, 2.24) is 4.90 Å². The van der Waals surface area contributed by atoms with E-state index in [0.29, 0.717) is 36.6 Å². The highest BCUT2D eigenvalue weighted by Crippen LogP contribution is 2.32. The molecule has 0 saturated carbocycles. The van der Waals surface area contributed by atoms with Gasteiger partial charge in [0.25, 0.3) is 5.91 Å². The Bertz CT molecular complexity index is 530. The molecule has 0 spiro atoms. The van der Waals surface area contributed by atoms with Crippen LogP contribution in [-0.2, 0) is 0 Å². The zero-order valence-electron chi connectivity index (χ0n) is 11.2. The van der Waals surface area contributed by atoms with E-state index in [4.69, 9.17) is 20.4 Å². The van der Waals surface area contributed by atoms with E-state index in [2.05, 4.69) is 5.16 Å². The van der Waals surface area contributed by atoms with Gasteiger partial charge in [0.1, 0.15) is 5.84 Å². The quantitative estimate of drug-likeness (QED) is 0.363. The highest BCUT2D eigenvalue weighted by molar-refractivity contribution is 5.95.